The molecule has 0 saturated carbocycles. The van der Waals surface area contributed by atoms with Crippen molar-refractivity contribution in [3.05, 3.63) is 28.3 Å². The van der Waals surface area contributed by atoms with Crippen molar-refractivity contribution < 1.29 is 23.2 Å². The Morgan fingerprint density at radius 1 is 1.50 bits per heavy atom. The Morgan fingerprint density at radius 3 is 2.61 bits per heavy atom. The largest absolute Gasteiger partial charge is 0.465 e. The van der Waals surface area contributed by atoms with Gasteiger partial charge in [-0.25, -0.2) is 13.2 Å². The second kappa shape index (κ2) is 4.87. The fraction of sp³-hybridized carbons (Fsp3) is 0.125. The van der Waals surface area contributed by atoms with E-state index in [9.17, 15) is 23.3 Å². The van der Waals surface area contributed by atoms with Crippen LogP contribution < -0.4 is 11.1 Å². The molecule has 0 spiro atoms. The molecule has 98 valence electrons. The van der Waals surface area contributed by atoms with Crippen LogP contribution in [0.4, 0.5) is 16.2 Å². The number of carboxylic acid groups (broad SMARTS) is 1. The lowest BCUT2D eigenvalue weighted by Crippen LogP contribution is -2.28. The molecule has 0 aliphatic rings. The number of nitro benzene ring substituents is 1. The van der Waals surface area contributed by atoms with E-state index < -0.39 is 32.4 Å². The second-order valence-corrected chi connectivity index (χ2v) is 5.21. The molecular weight excluding hydrogens is 266 g/mol. The van der Waals surface area contributed by atoms with E-state index >= 15 is 0 Å². The molecule has 9 nitrogen and oxygen atoms in total. The molecule has 1 rings (SSSR count). The van der Waals surface area contributed by atoms with Crippen LogP contribution in [-0.2, 0) is 9.84 Å². The van der Waals surface area contributed by atoms with Gasteiger partial charge >= 0.3 is 6.09 Å². The zero-order valence-corrected chi connectivity index (χ0v) is 9.68. The van der Waals surface area contributed by atoms with Crippen molar-refractivity contribution in [2.45, 2.75) is 4.90 Å². The number of amides is 1. The van der Waals surface area contributed by atoms with E-state index in [0.29, 0.717) is 0 Å². The van der Waals surface area contributed by atoms with Gasteiger partial charge in [0.05, 0.1) is 9.82 Å². The summed E-state index contributed by atoms with van der Waals surface area (Å²) in [6.45, 7) is 0. The van der Waals surface area contributed by atoms with E-state index in [0.717, 1.165) is 18.2 Å². The van der Waals surface area contributed by atoms with Crippen molar-refractivity contribution in [3.63, 3.8) is 0 Å². The Bertz CT molecular complexity index is 597. The number of nitrogen functional groups attached to an aromatic ring is 1. The third-order valence-electron chi connectivity index (χ3n) is 1.97. The summed E-state index contributed by atoms with van der Waals surface area (Å²) in [4.78, 5) is 19.6. The summed E-state index contributed by atoms with van der Waals surface area (Å²) in [6, 6.07) is 2.93. The Balaban J connectivity index is 3.14. The number of rotatable bonds is 4. The molecule has 0 aromatic heterocycles. The molecule has 0 aliphatic heterocycles. The van der Waals surface area contributed by atoms with Gasteiger partial charge in [0.25, 0.3) is 5.69 Å². The van der Waals surface area contributed by atoms with Gasteiger partial charge in [0, 0.05) is 6.07 Å². The number of nitrogens with one attached hydrogen (secondary N) is 1. The van der Waals surface area contributed by atoms with Crippen LogP contribution in [0.1, 0.15) is 0 Å². The van der Waals surface area contributed by atoms with Crippen LogP contribution >= 0.6 is 0 Å². The van der Waals surface area contributed by atoms with Crippen LogP contribution in [0.5, 0.6) is 0 Å². The van der Waals surface area contributed by atoms with Crippen LogP contribution in [0.3, 0.4) is 0 Å². The number of anilines is 1. The summed E-state index contributed by atoms with van der Waals surface area (Å²) in [6.07, 6.45) is -1.51. The first-order valence-electron chi connectivity index (χ1n) is 4.47. The predicted octanol–water partition coefficient (Wildman–Crippen LogP) is 0.176. The molecule has 0 saturated heterocycles. The van der Waals surface area contributed by atoms with Crippen molar-refractivity contribution in [3.8, 4) is 0 Å². The molecule has 1 aromatic rings. The molecule has 18 heavy (non-hydrogen) atoms. The molecule has 0 unspecified atom stereocenters. The average molecular weight is 275 g/mol. The first-order chi connectivity index (χ1) is 8.24. The number of hydrogen-bond donors (Lipinski definition) is 3. The van der Waals surface area contributed by atoms with E-state index in [1.54, 1.807) is 5.32 Å². The topological polar surface area (TPSA) is 153 Å². The predicted molar refractivity (Wildman–Crippen MR) is 60.7 cm³/mol. The molecule has 0 fully saturated rings. The second-order valence-electron chi connectivity index (χ2n) is 3.22. The molecule has 1 amide bonds. The van der Waals surface area contributed by atoms with Crippen molar-refractivity contribution in [2.24, 2.45) is 0 Å². The molecule has 1 aromatic carbocycles. The van der Waals surface area contributed by atoms with Gasteiger partial charge in [-0.05, 0) is 12.1 Å². The van der Waals surface area contributed by atoms with Gasteiger partial charge in [-0.15, -0.1) is 0 Å². The molecule has 10 heteroatoms. The summed E-state index contributed by atoms with van der Waals surface area (Å²) in [5, 5.41) is 20.6. The first-order valence-corrected chi connectivity index (χ1v) is 6.13. The molecule has 0 aliphatic carbocycles. The van der Waals surface area contributed by atoms with Crippen LogP contribution in [0, 0.1) is 10.1 Å². The molecule has 0 bridgehead atoms. The fourth-order valence-corrected chi connectivity index (χ4v) is 2.16. The summed E-state index contributed by atoms with van der Waals surface area (Å²) in [7, 11) is -3.98. The monoisotopic (exact) mass is 275 g/mol. The minimum Gasteiger partial charge on any atom is -0.465 e. The fourth-order valence-electron chi connectivity index (χ4n) is 1.12. The summed E-state index contributed by atoms with van der Waals surface area (Å²) >= 11 is 0. The lowest BCUT2D eigenvalue weighted by Gasteiger charge is -2.05. The van der Waals surface area contributed by atoms with E-state index in [1.165, 1.54) is 0 Å². The van der Waals surface area contributed by atoms with Crippen molar-refractivity contribution in [2.75, 3.05) is 11.6 Å². The number of hydrogen-bond acceptors (Lipinski definition) is 6. The summed E-state index contributed by atoms with van der Waals surface area (Å²) < 4.78 is 23.3. The van der Waals surface area contributed by atoms with E-state index in [2.05, 4.69) is 0 Å². The number of nitro groups is 1. The van der Waals surface area contributed by atoms with Crippen LogP contribution in [0.25, 0.3) is 0 Å². The lowest BCUT2D eigenvalue weighted by atomic mass is 10.3. The highest BCUT2D eigenvalue weighted by atomic mass is 32.2. The first kappa shape index (κ1) is 13.7. The maximum Gasteiger partial charge on any atom is 0.405 e. The van der Waals surface area contributed by atoms with Crippen molar-refractivity contribution in [1.29, 1.82) is 0 Å². The summed E-state index contributed by atoms with van der Waals surface area (Å²) in [5.74, 6) is -0.872. The Morgan fingerprint density at radius 2 is 2.11 bits per heavy atom. The van der Waals surface area contributed by atoms with Crippen LogP contribution in [0.2, 0.25) is 0 Å². The number of nitrogens with two attached hydrogens (primary N) is 1. The number of nitrogens with zero attached hydrogens (tertiary/aromatic N) is 1. The highest BCUT2D eigenvalue weighted by molar-refractivity contribution is 7.91. The van der Waals surface area contributed by atoms with Crippen LogP contribution in [-0.4, -0.2) is 30.4 Å². The maximum absolute atomic E-state index is 11.6. The molecule has 0 heterocycles. The van der Waals surface area contributed by atoms with Gasteiger partial charge in [0.15, 0.2) is 9.84 Å². The Labute approximate surface area is 101 Å². The van der Waals surface area contributed by atoms with Crippen LogP contribution in [0.15, 0.2) is 23.1 Å². The highest BCUT2D eigenvalue weighted by Gasteiger charge is 2.20. The van der Waals surface area contributed by atoms with Crippen molar-refractivity contribution >= 4 is 27.3 Å². The minimum absolute atomic E-state index is 0.176. The van der Waals surface area contributed by atoms with Gasteiger partial charge < -0.3 is 16.2 Å². The zero-order valence-electron chi connectivity index (χ0n) is 8.86. The number of sulfone groups is 1. The minimum atomic E-state index is -3.98. The third-order valence-corrected chi connectivity index (χ3v) is 3.47. The standard InChI is InChI=1S/C8H9N3O6S/c9-6-2-1-5(3-7(6)11(14)15)18(16,17)4-10-8(12)13/h1-3,10H,4,9H2,(H,12,13). The van der Waals surface area contributed by atoms with E-state index in [4.69, 9.17) is 10.8 Å². The van der Waals surface area contributed by atoms with Gasteiger partial charge in [-0.1, -0.05) is 0 Å². The zero-order chi connectivity index (χ0) is 13.9. The average Bonchev–Trinajstić information content (AvgIpc) is 2.26. The van der Waals surface area contributed by atoms with Gasteiger partial charge in [-0.2, -0.15) is 0 Å². The maximum atomic E-state index is 11.6. The Kier molecular flexibility index (Phi) is 3.71. The van der Waals surface area contributed by atoms with E-state index in [-0.39, 0.29) is 10.6 Å². The lowest BCUT2D eigenvalue weighted by molar-refractivity contribution is -0.384. The normalized spacial score (nSPS) is 10.9. The number of carbonyl (C=O) groups is 1. The van der Waals surface area contributed by atoms with Gasteiger partial charge in [0.1, 0.15) is 11.6 Å². The highest BCUT2D eigenvalue weighted by Crippen LogP contribution is 2.25. The smallest absolute Gasteiger partial charge is 0.405 e. The number of benzene rings is 1. The molecular formula is C8H9N3O6S. The quantitative estimate of drug-likeness (QED) is 0.402. The van der Waals surface area contributed by atoms with Gasteiger partial charge in [0.2, 0.25) is 0 Å². The molecule has 4 N–H and O–H groups in total. The molecule has 0 radical (unpaired) electrons. The van der Waals surface area contributed by atoms with E-state index in [1.807, 2.05) is 0 Å². The van der Waals surface area contributed by atoms with Gasteiger partial charge in [-0.3, -0.25) is 10.1 Å². The Hall–Kier alpha value is -2.36. The molecule has 0 atom stereocenters. The SMILES string of the molecule is Nc1ccc(S(=O)(=O)CNC(=O)O)cc1[N+](=O)[O-]. The third kappa shape index (κ3) is 3.07. The summed E-state index contributed by atoms with van der Waals surface area (Å²) in [5.41, 5.74) is 4.58. The van der Waals surface area contributed by atoms with Crippen molar-refractivity contribution in [1.82, 2.24) is 5.32 Å².